The van der Waals surface area contributed by atoms with E-state index in [1.807, 2.05) is 12.1 Å². The summed E-state index contributed by atoms with van der Waals surface area (Å²) in [5.74, 6) is -0.411. The molecule has 1 aliphatic heterocycles. The third-order valence-corrected chi connectivity index (χ3v) is 4.44. The second kappa shape index (κ2) is 5.83. The third kappa shape index (κ3) is 3.06. The van der Waals surface area contributed by atoms with Gasteiger partial charge in [0.1, 0.15) is 15.9 Å². The summed E-state index contributed by atoms with van der Waals surface area (Å²) >= 11 is 7.22. The molecule has 0 aliphatic carbocycles. The highest BCUT2D eigenvalue weighted by atomic mass is 35.5. The van der Waals surface area contributed by atoms with Gasteiger partial charge >= 0.3 is 0 Å². The quantitative estimate of drug-likeness (QED) is 0.909. The Morgan fingerprint density at radius 1 is 1.48 bits per heavy atom. The molecule has 0 radical (unpaired) electrons. The topological polar surface area (TPSA) is 71.1 Å². The van der Waals surface area contributed by atoms with Gasteiger partial charge in [-0.05, 0) is 18.6 Å². The lowest BCUT2D eigenvalue weighted by Crippen LogP contribution is -2.39. The highest BCUT2D eigenvalue weighted by Crippen LogP contribution is 2.27. The first-order valence-corrected chi connectivity index (χ1v) is 7.63. The van der Waals surface area contributed by atoms with Crippen molar-refractivity contribution in [2.45, 2.75) is 12.5 Å². The number of hydrogen-bond donors (Lipinski definition) is 2. The number of carbonyl (C=O) groups excluding carboxylic acids is 2. The van der Waals surface area contributed by atoms with E-state index in [2.05, 4.69) is 15.6 Å². The summed E-state index contributed by atoms with van der Waals surface area (Å²) in [7, 11) is 0. The van der Waals surface area contributed by atoms with E-state index in [1.165, 1.54) is 17.5 Å². The second-order valence-electron chi connectivity index (χ2n) is 4.65. The number of nitrogens with zero attached hydrogens (tertiary/aromatic N) is 1. The predicted molar refractivity (Wildman–Crippen MR) is 81.4 cm³/mol. The number of rotatable bonds is 3. The highest BCUT2D eigenvalue weighted by Gasteiger charge is 2.26. The van der Waals surface area contributed by atoms with Gasteiger partial charge < -0.3 is 10.6 Å². The van der Waals surface area contributed by atoms with Crippen LogP contribution in [0.25, 0.3) is 10.6 Å². The van der Waals surface area contributed by atoms with Crippen molar-refractivity contribution in [3.63, 3.8) is 0 Å². The summed E-state index contributed by atoms with van der Waals surface area (Å²) in [4.78, 5) is 28.3. The van der Waals surface area contributed by atoms with Gasteiger partial charge in [-0.15, -0.1) is 11.3 Å². The first-order chi connectivity index (χ1) is 10.1. The number of hydrogen-bond acceptors (Lipinski definition) is 4. The molecule has 1 fully saturated rings. The maximum atomic E-state index is 12.1. The van der Waals surface area contributed by atoms with E-state index in [4.69, 9.17) is 11.6 Å². The predicted octanol–water partition coefficient (Wildman–Crippen LogP) is 2.08. The van der Waals surface area contributed by atoms with Crippen molar-refractivity contribution in [3.8, 4) is 10.6 Å². The van der Waals surface area contributed by atoms with Gasteiger partial charge in [0.25, 0.3) is 5.91 Å². The van der Waals surface area contributed by atoms with Gasteiger partial charge in [-0.3, -0.25) is 9.59 Å². The summed E-state index contributed by atoms with van der Waals surface area (Å²) in [6.45, 7) is 0.597. The van der Waals surface area contributed by atoms with Crippen LogP contribution in [-0.2, 0) is 4.79 Å². The Hall–Kier alpha value is -1.92. The Morgan fingerprint density at radius 3 is 3.05 bits per heavy atom. The molecule has 0 saturated carbocycles. The molecule has 7 heteroatoms. The zero-order chi connectivity index (χ0) is 14.8. The Morgan fingerprint density at radius 2 is 2.33 bits per heavy atom. The van der Waals surface area contributed by atoms with Crippen LogP contribution in [0, 0.1) is 0 Å². The van der Waals surface area contributed by atoms with E-state index in [9.17, 15) is 9.59 Å². The second-order valence-corrected chi connectivity index (χ2v) is 6.11. The smallest absolute Gasteiger partial charge is 0.263 e. The largest absolute Gasteiger partial charge is 0.354 e. The van der Waals surface area contributed by atoms with Crippen LogP contribution in [0.3, 0.4) is 0 Å². The van der Waals surface area contributed by atoms with Crippen LogP contribution in [0.1, 0.15) is 16.1 Å². The van der Waals surface area contributed by atoms with Crippen molar-refractivity contribution in [1.29, 1.82) is 0 Å². The molecule has 108 valence electrons. The zero-order valence-electron chi connectivity index (χ0n) is 10.9. The molecule has 2 N–H and O–H groups in total. The van der Waals surface area contributed by atoms with E-state index in [0.29, 0.717) is 22.9 Å². The maximum Gasteiger partial charge on any atom is 0.263 e. The Kier molecular flexibility index (Phi) is 3.90. The van der Waals surface area contributed by atoms with Crippen LogP contribution >= 0.6 is 22.9 Å². The molecule has 2 aromatic rings. The van der Waals surface area contributed by atoms with Gasteiger partial charge in [-0.1, -0.05) is 23.7 Å². The van der Waals surface area contributed by atoms with E-state index in [-0.39, 0.29) is 11.8 Å². The molecule has 0 spiro atoms. The number of amides is 2. The van der Waals surface area contributed by atoms with Crippen LogP contribution in [0.2, 0.25) is 5.02 Å². The molecule has 1 unspecified atom stereocenters. The summed E-state index contributed by atoms with van der Waals surface area (Å²) in [5, 5.41) is 6.74. The number of nitrogens with one attached hydrogen (secondary N) is 2. The molecule has 2 heterocycles. The SMILES string of the molecule is O=C(NC1CCNC1=O)c1cnc(-c2cccc(Cl)c2)s1. The Balaban J connectivity index is 1.75. The summed E-state index contributed by atoms with van der Waals surface area (Å²) in [6, 6.07) is 6.85. The van der Waals surface area contributed by atoms with Gasteiger partial charge in [0, 0.05) is 17.1 Å². The Labute approximate surface area is 130 Å². The lowest BCUT2D eigenvalue weighted by Gasteiger charge is -2.07. The van der Waals surface area contributed by atoms with E-state index < -0.39 is 6.04 Å². The van der Waals surface area contributed by atoms with E-state index >= 15 is 0 Å². The average Bonchev–Trinajstić information content (AvgIpc) is 3.09. The van der Waals surface area contributed by atoms with Crippen LogP contribution in [0.15, 0.2) is 30.5 Å². The number of aromatic nitrogens is 1. The molecule has 0 bridgehead atoms. The normalized spacial score (nSPS) is 17.6. The van der Waals surface area contributed by atoms with Crippen LogP contribution in [-0.4, -0.2) is 29.4 Å². The maximum absolute atomic E-state index is 12.1. The standard InChI is InChI=1S/C14H12ClN3O2S/c15-9-3-1-2-8(6-9)14-17-7-11(21-14)13(20)18-10-4-5-16-12(10)19/h1-3,6-7,10H,4-5H2,(H,16,19)(H,18,20). The monoisotopic (exact) mass is 321 g/mol. The zero-order valence-corrected chi connectivity index (χ0v) is 12.5. The van der Waals surface area contributed by atoms with Crippen molar-refractivity contribution in [1.82, 2.24) is 15.6 Å². The van der Waals surface area contributed by atoms with Gasteiger partial charge in [0.2, 0.25) is 5.91 Å². The molecular formula is C14H12ClN3O2S. The minimum Gasteiger partial charge on any atom is -0.354 e. The van der Waals surface area contributed by atoms with Crippen LogP contribution in [0.4, 0.5) is 0 Å². The van der Waals surface area contributed by atoms with Gasteiger partial charge in [0.15, 0.2) is 0 Å². The molecule has 1 aromatic heterocycles. The number of carbonyl (C=O) groups is 2. The molecular weight excluding hydrogens is 310 g/mol. The first-order valence-electron chi connectivity index (χ1n) is 6.44. The molecule has 21 heavy (non-hydrogen) atoms. The van der Waals surface area contributed by atoms with Crippen molar-refractivity contribution in [3.05, 3.63) is 40.4 Å². The average molecular weight is 322 g/mol. The number of benzene rings is 1. The lowest BCUT2D eigenvalue weighted by atomic mass is 10.2. The van der Waals surface area contributed by atoms with Gasteiger partial charge in [-0.2, -0.15) is 0 Å². The first kappa shape index (κ1) is 14.0. The van der Waals surface area contributed by atoms with E-state index in [0.717, 1.165) is 10.6 Å². The third-order valence-electron chi connectivity index (χ3n) is 3.16. The fourth-order valence-corrected chi connectivity index (χ4v) is 3.10. The number of thiazole rings is 1. The van der Waals surface area contributed by atoms with Crippen molar-refractivity contribution in [2.24, 2.45) is 0 Å². The Bertz CT molecular complexity index is 701. The van der Waals surface area contributed by atoms with Gasteiger partial charge in [0.05, 0.1) is 6.20 Å². The lowest BCUT2D eigenvalue weighted by molar-refractivity contribution is -0.120. The molecule has 1 atom stereocenters. The van der Waals surface area contributed by atoms with Crippen LogP contribution < -0.4 is 10.6 Å². The number of halogens is 1. The summed E-state index contributed by atoms with van der Waals surface area (Å²) < 4.78 is 0. The fraction of sp³-hybridized carbons (Fsp3) is 0.214. The minimum atomic E-state index is -0.450. The van der Waals surface area contributed by atoms with Crippen LogP contribution in [0.5, 0.6) is 0 Å². The van der Waals surface area contributed by atoms with Crippen molar-refractivity contribution >= 4 is 34.8 Å². The van der Waals surface area contributed by atoms with Crippen molar-refractivity contribution < 1.29 is 9.59 Å². The van der Waals surface area contributed by atoms with Crippen molar-refractivity contribution in [2.75, 3.05) is 6.54 Å². The highest BCUT2D eigenvalue weighted by molar-refractivity contribution is 7.16. The van der Waals surface area contributed by atoms with E-state index in [1.54, 1.807) is 12.1 Å². The fourth-order valence-electron chi connectivity index (χ4n) is 2.10. The molecule has 2 amide bonds. The molecule has 5 nitrogen and oxygen atoms in total. The van der Waals surface area contributed by atoms with Gasteiger partial charge in [-0.25, -0.2) is 4.98 Å². The molecule has 1 aromatic carbocycles. The molecule has 3 rings (SSSR count). The molecule has 1 aliphatic rings. The minimum absolute atomic E-state index is 0.136. The molecule has 1 saturated heterocycles. The summed E-state index contributed by atoms with van der Waals surface area (Å²) in [6.07, 6.45) is 2.13. The summed E-state index contributed by atoms with van der Waals surface area (Å²) in [5.41, 5.74) is 0.866.